The van der Waals surface area contributed by atoms with Crippen molar-refractivity contribution in [1.29, 1.82) is 0 Å². The first kappa shape index (κ1) is 21.8. The molecule has 8 heteroatoms. The van der Waals surface area contributed by atoms with E-state index in [4.69, 9.17) is 4.74 Å². The van der Waals surface area contributed by atoms with Crippen LogP contribution in [0, 0.1) is 11.7 Å². The zero-order valence-corrected chi connectivity index (χ0v) is 18.1. The van der Waals surface area contributed by atoms with Crippen LogP contribution in [0.15, 0.2) is 53.4 Å². The van der Waals surface area contributed by atoms with Gasteiger partial charge in [-0.25, -0.2) is 12.8 Å². The lowest BCUT2D eigenvalue weighted by molar-refractivity contribution is -0.120. The first-order chi connectivity index (χ1) is 14.9. The number of hydrogen-bond donors (Lipinski definition) is 1. The molecule has 0 aromatic heterocycles. The van der Waals surface area contributed by atoms with Gasteiger partial charge in [0.15, 0.2) is 0 Å². The van der Waals surface area contributed by atoms with Crippen molar-refractivity contribution in [2.75, 3.05) is 18.4 Å². The number of carbonyl (C=O) groups excluding carboxylic acids is 1. The molecule has 2 aliphatic rings. The Bertz CT molecular complexity index is 1000. The molecule has 1 heterocycles. The van der Waals surface area contributed by atoms with E-state index in [0.717, 1.165) is 30.7 Å². The van der Waals surface area contributed by atoms with Gasteiger partial charge >= 0.3 is 0 Å². The summed E-state index contributed by atoms with van der Waals surface area (Å²) >= 11 is 0. The molecule has 1 saturated carbocycles. The Hall–Kier alpha value is -2.45. The number of halogens is 1. The van der Waals surface area contributed by atoms with Gasteiger partial charge in [-0.3, -0.25) is 4.79 Å². The third-order valence-corrected chi connectivity index (χ3v) is 7.81. The summed E-state index contributed by atoms with van der Waals surface area (Å²) in [5.41, 5.74) is 0.655. The number of piperidine rings is 1. The molecule has 2 fully saturated rings. The van der Waals surface area contributed by atoms with Crippen molar-refractivity contribution in [2.45, 2.75) is 49.5 Å². The molecule has 1 atom stereocenters. The predicted molar refractivity (Wildman–Crippen MR) is 116 cm³/mol. The summed E-state index contributed by atoms with van der Waals surface area (Å²) in [6.45, 7) is 0.450. The van der Waals surface area contributed by atoms with Crippen molar-refractivity contribution in [1.82, 2.24) is 4.31 Å². The minimum Gasteiger partial charge on any atom is -0.490 e. The van der Waals surface area contributed by atoms with E-state index >= 15 is 0 Å². The van der Waals surface area contributed by atoms with E-state index < -0.39 is 21.8 Å². The number of rotatable bonds is 6. The van der Waals surface area contributed by atoms with Crippen molar-refractivity contribution >= 4 is 21.6 Å². The second kappa shape index (κ2) is 9.36. The quantitative estimate of drug-likeness (QED) is 0.722. The van der Waals surface area contributed by atoms with Crippen LogP contribution in [-0.2, 0) is 14.8 Å². The van der Waals surface area contributed by atoms with Gasteiger partial charge in [0.2, 0.25) is 15.9 Å². The molecule has 166 valence electrons. The molecule has 4 rings (SSSR count). The van der Waals surface area contributed by atoms with E-state index in [1.807, 2.05) is 12.1 Å². The van der Waals surface area contributed by atoms with Crippen LogP contribution in [0.2, 0.25) is 0 Å². The SMILES string of the molecule is O=C(Nc1ccc(OC2CCCC2)cc1)C1CCCN(S(=O)(=O)c2ccc(F)cc2)C1. The molecule has 1 aliphatic carbocycles. The third-order valence-electron chi connectivity index (χ3n) is 5.93. The van der Waals surface area contributed by atoms with Crippen LogP contribution in [0.4, 0.5) is 10.1 Å². The van der Waals surface area contributed by atoms with Gasteiger partial charge in [-0.2, -0.15) is 4.31 Å². The number of anilines is 1. The highest BCUT2D eigenvalue weighted by molar-refractivity contribution is 7.89. The van der Waals surface area contributed by atoms with Gasteiger partial charge in [-0.05, 0) is 87.1 Å². The molecule has 2 aromatic carbocycles. The van der Waals surface area contributed by atoms with E-state index in [9.17, 15) is 17.6 Å². The number of hydrogen-bond acceptors (Lipinski definition) is 4. The molecule has 1 N–H and O–H groups in total. The van der Waals surface area contributed by atoms with Crippen molar-refractivity contribution < 1.29 is 22.3 Å². The molecular weight excluding hydrogens is 419 g/mol. The Labute approximate surface area is 182 Å². The van der Waals surface area contributed by atoms with Crippen LogP contribution in [-0.4, -0.2) is 37.8 Å². The van der Waals surface area contributed by atoms with Crippen LogP contribution in [0.1, 0.15) is 38.5 Å². The van der Waals surface area contributed by atoms with Gasteiger partial charge in [0.05, 0.1) is 16.9 Å². The zero-order valence-electron chi connectivity index (χ0n) is 17.3. The summed E-state index contributed by atoms with van der Waals surface area (Å²) in [6, 6.07) is 12.1. The maximum atomic E-state index is 13.1. The fraction of sp³-hybridized carbons (Fsp3) is 0.435. The molecule has 1 aliphatic heterocycles. The summed E-state index contributed by atoms with van der Waals surface area (Å²) in [5.74, 6) is -0.351. The third kappa shape index (κ3) is 5.25. The minimum atomic E-state index is -3.77. The molecular formula is C23H27FN2O4S. The maximum absolute atomic E-state index is 13.1. The van der Waals surface area contributed by atoms with Crippen molar-refractivity contribution in [3.63, 3.8) is 0 Å². The van der Waals surface area contributed by atoms with Crippen LogP contribution in [0.5, 0.6) is 5.75 Å². The van der Waals surface area contributed by atoms with Gasteiger partial charge in [0.1, 0.15) is 11.6 Å². The van der Waals surface area contributed by atoms with E-state index in [0.29, 0.717) is 25.1 Å². The number of amides is 1. The molecule has 1 amide bonds. The molecule has 0 bridgehead atoms. The fourth-order valence-corrected chi connectivity index (χ4v) is 5.71. The molecule has 31 heavy (non-hydrogen) atoms. The summed E-state index contributed by atoms with van der Waals surface area (Å²) in [6.07, 6.45) is 6.05. The highest BCUT2D eigenvalue weighted by atomic mass is 32.2. The lowest BCUT2D eigenvalue weighted by Crippen LogP contribution is -2.43. The fourth-order valence-electron chi connectivity index (χ4n) is 4.19. The lowest BCUT2D eigenvalue weighted by atomic mass is 9.99. The van der Waals surface area contributed by atoms with Gasteiger partial charge in [0, 0.05) is 18.8 Å². The van der Waals surface area contributed by atoms with E-state index in [2.05, 4.69) is 5.32 Å². The van der Waals surface area contributed by atoms with Gasteiger partial charge in [0.25, 0.3) is 0 Å². The largest absolute Gasteiger partial charge is 0.490 e. The molecule has 2 aromatic rings. The number of benzene rings is 2. The second-order valence-electron chi connectivity index (χ2n) is 8.19. The number of sulfonamides is 1. The summed E-state index contributed by atoms with van der Waals surface area (Å²) in [5, 5.41) is 2.89. The van der Waals surface area contributed by atoms with Gasteiger partial charge in [-0.1, -0.05) is 0 Å². The monoisotopic (exact) mass is 446 g/mol. The summed E-state index contributed by atoms with van der Waals surface area (Å²) < 4.78 is 46.1. The zero-order chi connectivity index (χ0) is 21.8. The highest BCUT2D eigenvalue weighted by Crippen LogP contribution is 2.27. The average Bonchev–Trinajstić information content (AvgIpc) is 3.28. The van der Waals surface area contributed by atoms with E-state index in [1.54, 1.807) is 12.1 Å². The van der Waals surface area contributed by atoms with Crippen molar-refractivity contribution in [3.05, 3.63) is 54.3 Å². The Morgan fingerprint density at radius 1 is 0.968 bits per heavy atom. The normalized spacial score (nSPS) is 20.5. The number of nitrogens with one attached hydrogen (secondary N) is 1. The van der Waals surface area contributed by atoms with Crippen molar-refractivity contribution in [3.8, 4) is 5.75 Å². The average molecular weight is 447 g/mol. The van der Waals surface area contributed by atoms with Crippen LogP contribution >= 0.6 is 0 Å². The Morgan fingerprint density at radius 3 is 2.32 bits per heavy atom. The maximum Gasteiger partial charge on any atom is 0.243 e. The molecule has 1 unspecified atom stereocenters. The molecule has 6 nitrogen and oxygen atoms in total. The lowest BCUT2D eigenvalue weighted by Gasteiger charge is -2.31. The Kier molecular flexibility index (Phi) is 6.57. The van der Waals surface area contributed by atoms with Gasteiger partial charge < -0.3 is 10.1 Å². The Balaban J connectivity index is 1.36. The highest BCUT2D eigenvalue weighted by Gasteiger charge is 2.33. The first-order valence-corrected chi connectivity index (χ1v) is 12.2. The smallest absolute Gasteiger partial charge is 0.243 e. The predicted octanol–water partition coefficient (Wildman–Crippen LogP) is 4.19. The topological polar surface area (TPSA) is 75.7 Å². The van der Waals surface area contributed by atoms with Gasteiger partial charge in [-0.15, -0.1) is 0 Å². The second-order valence-corrected chi connectivity index (χ2v) is 10.1. The number of nitrogens with zero attached hydrogens (tertiary/aromatic N) is 1. The molecule has 0 spiro atoms. The number of ether oxygens (including phenoxy) is 1. The van der Waals surface area contributed by atoms with E-state index in [-0.39, 0.29) is 23.5 Å². The first-order valence-electron chi connectivity index (χ1n) is 10.7. The standard InChI is InChI=1S/C23H27FN2O4S/c24-18-7-13-22(14-8-18)31(28,29)26-15-3-4-17(16-26)23(27)25-19-9-11-21(12-10-19)30-20-5-1-2-6-20/h7-14,17,20H,1-6,15-16H2,(H,25,27). The van der Waals surface area contributed by atoms with Crippen molar-refractivity contribution in [2.24, 2.45) is 5.92 Å². The summed E-state index contributed by atoms with van der Waals surface area (Å²) in [7, 11) is -3.77. The Morgan fingerprint density at radius 2 is 1.65 bits per heavy atom. The van der Waals surface area contributed by atoms with Crippen LogP contribution in [0.25, 0.3) is 0 Å². The molecule has 1 saturated heterocycles. The molecule has 0 radical (unpaired) electrons. The van der Waals surface area contributed by atoms with E-state index in [1.165, 1.54) is 29.3 Å². The summed E-state index contributed by atoms with van der Waals surface area (Å²) in [4.78, 5) is 12.8. The number of carbonyl (C=O) groups is 1. The van der Waals surface area contributed by atoms with Crippen LogP contribution in [0.3, 0.4) is 0 Å². The van der Waals surface area contributed by atoms with Crippen LogP contribution < -0.4 is 10.1 Å². The minimum absolute atomic E-state index is 0.0350.